The Morgan fingerprint density at radius 3 is 2.41 bits per heavy atom. The molecule has 0 atom stereocenters. The first-order chi connectivity index (χ1) is 8.15. The zero-order valence-corrected chi connectivity index (χ0v) is 10.8. The fourth-order valence-corrected chi connectivity index (χ4v) is 1.77. The zero-order valence-electron chi connectivity index (χ0n) is 10.8. The molecule has 0 aliphatic heterocycles. The van der Waals surface area contributed by atoms with Crippen LogP contribution in [0.1, 0.15) is 48.8 Å². The number of carbonyl (C=O) groups excluding carboxylic acids is 1. The van der Waals surface area contributed by atoms with Crippen LogP contribution < -0.4 is 4.74 Å². The molecule has 0 N–H and O–H groups in total. The summed E-state index contributed by atoms with van der Waals surface area (Å²) >= 11 is 0. The van der Waals surface area contributed by atoms with E-state index in [0.29, 0.717) is 17.4 Å². The summed E-state index contributed by atoms with van der Waals surface area (Å²) in [6, 6.07) is 3.47. The van der Waals surface area contributed by atoms with Gasteiger partial charge in [-0.2, -0.15) is 0 Å². The molecule has 1 aromatic heterocycles. The third-order valence-corrected chi connectivity index (χ3v) is 2.85. The lowest BCUT2D eigenvalue weighted by molar-refractivity contribution is 0.0593. The van der Waals surface area contributed by atoms with Crippen molar-refractivity contribution in [1.82, 2.24) is 4.98 Å². The molecule has 4 nitrogen and oxygen atoms in total. The molecule has 94 valence electrons. The Labute approximate surface area is 102 Å². The molecule has 0 aliphatic carbocycles. The summed E-state index contributed by atoms with van der Waals surface area (Å²) in [6.07, 6.45) is 1.97. The number of hydrogen-bond donors (Lipinski definition) is 0. The predicted octanol–water partition coefficient (Wildman–Crippen LogP) is 2.78. The van der Waals surface area contributed by atoms with Crippen molar-refractivity contribution < 1.29 is 14.3 Å². The topological polar surface area (TPSA) is 48.4 Å². The molecule has 1 rings (SSSR count). The van der Waals surface area contributed by atoms with Crippen molar-refractivity contribution in [3.63, 3.8) is 0 Å². The smallest absolute Gasteiger partial charge is 0.356 e. The summed E-state index contributed by atoms with van der Waals surface area (Å²) in [5, 5.41) is 0. The van der Waals surface area contributed by atoms with E-state index < -0.39 is 5.97 Å². The molecule has 0 saturated heterocycles. The van der Waals surface area contributed by atoms with Crippen molar-refractivity contribution in [1.29, 1.82) is 0 Å². The predicted molar refractivity (Wildman–Crippen MR) is 65.5 cm³/mol. The first-order valence-electron chi connectivity index (χ1n) is 5.80. The van der Waals surface area contributed by atoms with Crippen molar-refractivity contribution in [2.75, 3.05) is 14.2 Å². The molecule has 0 amide bonds. The lowest BCUT2D eigenvalue weighted by atomic mass is 9.98. The zero-order chi connectivity index (χ0) is 12.8. The van der Waals surface area contributed by atoms with Gasteiger partial charge in [0, 0.05) is 23.7 Å². The Bertz CT molecular complexity index is 386. The molecule has 0 bridgehead atoms. The molecule has 0 saturated carbocycles. The van der Waals surface area contributed by atoms with Crippen LogP contribution in [0.15, 0.2) is 12.1 Å². The van der Waals surface area contributed by atoms with Crippen molar-refractivity contribution in [3.8, 4) is 5.75 Å². The highest BCUT2D eigenvalue weighted by Gasteiger charge is 2.15. The van der Waals surface area contributed by atoms with E-state index in [-0.39, 0.29) is 0 Å². The average Bonchev–Trinajstić information content (AvgIpc) is 2.38. The minimum Gasteiger partial charge on any atom is -0.497 e. The third kappa shape index (κ3) is 3.19. The van der Waals surface area contributed by atoms with Crippen LogP contribution in [0.4, 0.5) is 0 Å². The number of rotatable bonds is 5. The number of ether oxygens (including phenoxy) is 2. The second-order valence-corrected chi connectivity index (χ2v) is 3.82. The van der Waals surface area contributed by atoms with E-state index in [1.807, 2.05) is 6.07 Å². The Balaban J connectivity index is 3.17. The van der Waals surface area contributed by atoms with Gasteiger partial charge in [0.15, 0.2) is 5.69 Å². The van der Waals surface area contributed by atoms with Crippen molar-refractivity contribution in [2.24, 2.45) is 0 Å². The summed E-state index contributed by atoms with van der Waals surface area (Å²) < 4.78 is 9.86. The fourth-order valence-electron chi connectivity index (χ4n) is 1.77. The quantitative estimate of drug-likeness (QED) is 0.739. The molecule has 0 spiro atoms. The molecular formula is C13H19NO3. The largest absolute Gasteiger partial charge is 0.497 e. The molecule has 17 heavy (non-hydrogen) atoms. The molecule has 0 radical (unpaired) electrons. The number of methoxy groups -OCH3 is 2. The maximum atomic E-state index is 11.5. The maximum absolute atomic E-state index is 11.5. The van der Waals surface area contributed by atoms with Gasteiger partial charge in [-0.15, -0.1) is 0 Å². The lowest BCUT2D eigenvalue weighted by Gasteiger charge is -2.14. The van der Waals surface area contributed by atoms with Gasteiger partial charge in [-0.1, -0.05) is 13.8 Å². The Kier molecular flexibility index (Phi) is 4.94. The minimum atomic E-state index is -0.434. The lowest BCUT2D eigenvalue weighted by Crippen LogP contribution is -2.09. The highest BCUT2D eigenvalue weighted by Crippen LogP contribution is 2.25. The molecule has 0 aliphatic rings. The van der Waals surface area contributed by atoms with E-state index in [0.717, 1.165) is 18.5 Å². The first-order valence-corrected chi connectivity index (χ1v) is 5.80. The van der Waals surface area contributed by atoms with Crippen LogP contribution in [-0.2, 0) is 4.74 Å². The van der Waals surface area contributed by atoms with Gasteiger partial charge in [0.1, 0.15) is 5.75 Å². The number of hydrogen-bond acceptors (Lipinski definition) is 4. The standard InChI is InChI=1S/C13H19NO3/c1-5-9(6-2)11-7-10(16-3)8-12(14-11)13(15)17-4/h7-9H,5-6H2,1-4H3. The fraction of sp³-hybridized carbons (Fsp3) is 0.538. The average molecular weight is 237 g/mol. The molecule has 4 heteroatoms. The first kappa shape index (κ1) is 13.5. The Morgan fingerprint density at radius 2 is 1.94 bits per heavy atom. The van der Waals surface area contributed by atoms with Gasteiger partial charge in [0.25, 0.3) is 0 Å². The number of pyridine rings is 1. The van der Waals surface area contributed by atoms with Crippen LogP contribution in [0, 0.1) is 0 Å². The van der Waals surface area contributed by atoms with Crippen LogP contribution in [0.3, 0.4) is 0 Å². The van der Waals surface area contributed by atoms with Crippen LogP contribution in [0.25, 0.3) is 0 Å². The molecule has 0 fully saturated rings. The van der Waals surface area contributed by atoms with Gasteiger partial charge >= 0.3 is 5.97 Å². The summed E-state index contributed by atoms with van der Waals surface area (Å²) in [5.41, 5.74) is 1.18. The minimum absolute atomic E-state index is 0.300. The van der Waals surface area contributed by atoms with Gasteiger partial charge in [-0.3, -0.25) is 0 Å². The van der Waals surface area contributed by atoms with Crippen LogP contribution in [0.2, 0.25) is 0 Å². The van der Waals surface area contributed by atoms with Crippen molar-refractivity contribution >= 4 is 5.97 Å². The monoisotopic (exact) mass is 237 g/mol. The molecule has 1 heterocycles. The van der Waals surface area contributed by atoms with Crippen LogP contribution in [-0.4, -0.2) is 25.2 Å². The summed E-state index contributed by atoms with van der Waals surface area (Å²) in [7, 11) is 2.92. The van der Waals surface area contributed by atoms with E-state index in [1.54, 1.807) is 13.2 Å². The van der Waals surface area contributed by atoms with E-state index in [9.17, 15) is 4.79 Å². The van der Waals surface area contributed by atoms with Crippen molar-refractivity contribution in [3.05, 3.63) is 23.5 Å². The van der Waals surface area contributed by atoms with E-state index in [1.165, 1.54) is 7.11 Å². The number of aromatic nitrogens is 1. The highest BCUT2D eigenvalue weighted by molar-refractivity contribution is 5.87. The molecular weight excluding hydrogens is 218 g/mol. The third-order valence-electron chi connectivity index (χ3n) is 2.85. The van der Waals surface area contributed by atoms with E-state index in [4.69, 9.17) is 4.74 Å². The van der Waals surface area contributed by atoms with Crippen LogP contribution in [0.5, 0.6) is 5.75 Å². The van der Waals surface area contributed by atoms with Gasteiger partial charge in [0.05, 0.1) is 14.2 Å². The Morgan fingerprint density at radius 1 is 1.29 bits per heavy atom. The van der Waals surface area contributed by atoms with Gasteiger partial charge in [-0.25, -0.2) is 9.78 Å². The molecule has 0 aromatic carbocycles. The van der Waals surface area contributed by atoms with E-state index in [2.05, 4.69) is 23.6 Å². The summed E-state index contributed by atoms with van der Waals surface area (Å²) in [5.74, 6) is 0.548. The molecule has 0 unspecified atom stereocenters. The normalized spacial score (nSPS) is 10.4. The van der Waals surface area contributed by atoms with Crippen molar-refractivity contribution in [2.45, 2.75) is 32.6 Å². The summed E-state index contributed by atoms with van der Waals surface area (Å²) in [6.45, 7) is 4.21. The van der Waals surface area contributed by atoms with E-state index >= 15 is 0 Å². The highest BCUT2D eigenvalue weighted by atomic mass is 16.5. The molecule has 1 aromatic rings. The number of carbonyl (C=O) groups is 1. The van der Waals surface area contributed by atoms with Gasteiger partial charge in [0.2, 0.25) is 0 Å². The second kappa shape index (κ2) is 6.23. The van der Waals surface area contributed by atoms with Crippen LogP contribution >= 0.6 is 0 Å². The summed E-state index contributed by atoms with van der Waals surface area (Å²) in [4.78, 5) is 15.8. The van der Waals surface area contributed by atoms with Gasteiger partial charge in [-0.05, 0) is 12.8 Å². The maximum Gasteiger partial charge on any atom is 0.356 e. The second-order valence-electron chi connectivity index (χ2n) is 3.82. The Hall–Kier alpha value is -1.58. The van der Waals surface area contributed by atoms with Gasteiger partial charge < -0.3 is 9.47 Å². The SMILES string of the molecule is CCC(CC)c1cc(OC)cc(C(=O)OC)n1. The number of esters is 1. The number of nitrogens with zero attached hydrogens (tertiary/aromatic N) is 1.